The largest absolute Gasteiger partial charge is 0.474 e. The molecule has 0 aromatic carbocycles. The van der Waals surface area contributed by atoms with Crippen LogP contribution in [0.3, 0.4) is 0 Å². The van der Waals surface area contributed by atoms with Crippen molar-refractivity contribution in [1.82, 2.24) is 20.6 Å². The maximum Gasteiger partial charge on any atom is 0.422 e. The lowest BCUT2D eigenvalue weighted by Gasteiger charge is -2.13. The van der Waals surface area contributed by atoms with Crippen molar-refractivity contribution in [3.05, 3.63) is 47.8 Å². The number of hydrogen-bond donors (Lipinski definition) is 2. The fourth-order valence-corrected chi connectivity index (χ4v) is 3.02. The Hall–Kier alpha value is -3.04. The topological polar surface area (TPSA) is 85.4 Å². The first-order valence-corrected chi connectivity index (χ1v) is 9.66. The van der Waals surface area contributed by atoms with Gasteiger partial charge in [-0.05, 0) is 37.3 Å². The maximum atomic E-state index is 12.3. The summed E-state index contributed by atoms with van der Waals surface area (Å²) in [5.74, 6) is 0.398. The highest BCUT2D eigenvalue weighted by molar-refractivity contribution is 5.73. The molecule has 0 atom stereocenters. The molecule has 1 aliphatic rings. The highest BCUT2D eigenvalue weighted by Gasteiger charge is 2.29. The molecule has 1 aliphatic carbocycles. The highest BCUT2D eigenvalue weighted by Crippen LogP contribution is 2.23. The first-order valence-electron chi connectivity index (χ1n) is 9.66. The average molecular weight is 424 g/mol. The van der Waals surface area contributed by atoms with Gasteiger partial charge in [0.05, 0.1) is 0 Å². The smallest absolute Gasteiger partial charge is 0.422 e. The molecule has 2 heterocycles. The summed E-state index contributed by atoms with van der Waals surface area (Å²) in [7, 11) is 0. The van der Waals surface area contributed by atoms with Gasteiger partial charge in [-0.25, -0.2) is 14.8 Å². The Morgan fingerprint density at radius 3 is 2.57 bits per heavy atom. The molecular formula is C20H23F3N4O3. The Morgan fingerprint density at radius 1 is 1.10 bits per heavy atom. The van der Waals surface area contributed by atoms with Crippen LogP contribution in [0.15, 0.2) is 36.7 Å². The van der Waals surface area contributed by atoms with Crippen LogP contribution in [0.4, 0.5) is 18.0 Å². The minimum Gasteiger partial charge on any atom is -0.474 e. The summed E-state index contributed by atoms with van der Waals surface area (Å²) >= 11 is 0. The van der Waals surface area contributed by atoms with Crippen molar-refractivity contribution in [2.24, 2.45) is 0 Å². The van der Waals surface area contributed by atoms with Gasteiger partial charge in [0.25, 0.3) is 0 Å². The zero-order chi connectivity index (χ0) is 21.4. The van der Waals surface area contributed by atoms with Crippen molar-refractivity contribution in [2.45, 2.75) is 51.1 Å². The molecular weight excluding hydrogens is 401 g/mol. The number of carbonyl (C=O) groups is 1. The number of aromatic nitrogens is 2. The number of rotatable bonds is 8. The Bertz CT molecular complexity index is 825. The second-order valence-electron chi connectivity index (χ2n) is 6.94. The molecule has 1 saturated carbocycles. The van der Waals surface area contributed by atoms with Crippen molar-refractivity contribution in [1.29, 1.82) is 0 Å². The first kappa shape index (κ1) is 21.7. The van der Waals surface area contributed by atoms with Crippen LogP contribution in [0.25, 0.3) is 0 Å². The Kier molecular flexibility index (Phi) is 7.31. The minimum atomic E-state index is -4.47. The van der Waals surface area contributed by atoms with E-state index in [9.17, 15) is 18.0 Å². The summed E-state index contributed by atoms with van der Waals surface area (Å²) in [5.41, 5.74) is 1.13. The number of nitrogens with one attached hydrogen (secondary N) is 2. The van der Waals surface area contributed by atoms with E-state index in [1.807, 2.05) is 6.07 Å². The normalized spacial score (nSPS) is 14.4. The van der Waals surface area contributed by atoms with Crippen LogP contribution in [0.2, 0.25) is 0 Å². The molecule has 0 aliphatic heterocycles. The molecule has 2 amide bonds. The Morgan fingerprint density at radius 2 is 1.87 bits per heavy atom. The number of pyridine rings is 2. The van der Waals surface area contributed by atoms with Gasteiger partial charge >= 0.3 is 12.2 Å². The summed E-state index contributed by atoms with van der Waals surface area (Å²) in [6.45, 7) is -1.23. The van der Waals surface area contributed by atoms with E-state index in [0.717, 1.165) is 18.4 Å². The number of ether oxygens (including phenoxy) is 2. The third-order valence-electron chi connectivity index (χ3n) is 4.50. The molecule has 2 N–H and O–H groups in total. The molecule has 1 fully saturated rings. The summed E-state index contributed by atoms with van der Waals surface area (Å²) in [6.07, 6.45) is 3.16. The van der Waals surface area contributed by atoms with Crippen LogP contribution in [-0.2, 0) is 13.1 Å². The van der Waals surface area contributed by atoms with Gasteiger partial charge in [0, 0.05) is 37.1 Å². The van der Waals surface area contributed by atoms with E-state index >= 15 is 0 Å². The number of amides is 2. The molecule has 2 aromatic heterocycles. The molecule has 0 spiro atoms. The van der Waals surface area contributed by atoms with Crippen LogP contribution in [0, 0.1) is 0 Å². The van der Waals surface area contributed by atoms with Crippen LogP contribution in [0.5, 0.6) is 11.8 Å². The monoisotopic (exact) mass is 424 g/mol. The lowest BCUT2D eigenvalue weighted by molar-refractivity contribution is -0.154. The molecule has 0 radical (unpaired) electrons. The van der Waals surface area contributed by atoms with Gasteiger partial charge in [-0.1, -0.05) is 12.1 Å². The van der Waals surface area contributed by atoms with E-state index in [1.54, 1.807) is 18.3 Å². The summed E-state index contributed by atoms with van der Waals surface area (Å²) in [5, 5.41) is 5.24. The van der Waals surface area contributed by atoms with Crippen molar-refractivity contribution >= 4 is 6.03 Å². The third kappa shape index (κ3) is 7.09. The maximum absolute atomic E-state index is 12.3. The number of nitrogens with zero attached hydrogens (tertiary/aromatic N) is 2. The van der Waals surface area contributed by atoms with Gasteiger partial charge in [-0.15, -0.1) is 0 Å². The van der Waals surface area contributed by atoms with Gasteiger partial charge in [0.15, 0.2) is 6.61 Å². The predicted octanol–water partition coefficient (Wildman–Crippen LogP) is 3.74. The van der Waals surface area contributed by atoms with Gasteiger partial charge in [-0.2, -0.15) is 13.2 Å². The lowest BCUT2D eigenvalue weighted by Crippen LogP contribution is -2.34. The zero-order valence-corrected chi connectivity index (χ0v) is 16.2. The molecule has 0 saturated heterocycles. The van der Waals surface area contributed by atoms with Crippen LogP contribution in [0.1, 0.15) is 36.8 Å². The molecule has 162 valence electrons. The lowest BCUT2D eigenvalue weighted by atomic mass is 10.2. The average Bonchev–Trinajstić information content (AvgIpc) is 3.23. The van der Waals surface area contributed by atoms with Gasteiger partial charge in [0.2, 0.25) is 11.8 Å². The minimum absolute atomic E-state index is 0.0285. The number of alkyl halides is 3. The zero-order valence-electron chi connectivity index (χ0n) is 16.2. The SMILES string of the molecule is O=C(NCc1ccc(OC2CCCC2)nc1)NCc1cccnc1OCC(F)(F)F. The summed E-state index contributed by atoms with van der Waals surface area (Å²) in [4.78, 5) is 20.0. The molecule has 30 heavy (non-hydrogen) atoms. The predicted molar refractivity (Wildman–Crippen MR) is 102 cm³/mol. The quantitative estimate of drug-likeness (QED) is 0.674. The van der Waals surface area contributed by atoms with Crippen LogP contribution < -0.4 is 20.1 Å². The van der Waals surface area contributed by atoms with Crippen molar-refractivity contribution in [3.63, 3.8) is 0 Å². The van der Waals surface area contributed by atoms with Gasteiger partial charge in [0.1, 0.15) is 6.10 Å². The van der Waals surface area contributed by atoms with E-state index in [1.165, 1.54) is 25.1 Å². The van der Waals surface area contributed by atoms with E-state index in [0.29, 0.717) is 11.4 Å². The second kappa shape index (κ2) is 10.1. The fraction of sp³-hybridized carbons (Fsp3) is 0.450. The summed E-state index contributed by atoms with van der Waals surface area (Å²) < 4.78 is 47.5. The third-order valence-corrected chi connectivity index (χ3v) is 4.50. The molecule has 3 rings (SSSR count). The molecule has 0 bridgehead atoms. The van der Waals surface area contributed by atoms with Crippen LogP contribution >= 0.6 is 0 Å². The molecule has 7 nitrogen and oxygen atoms in total. The summed E-state index contributed by atoms with van der Waals surface area (Å²) in [6, 6.07) is 6.20. The van der Waals surface area contributed by atoms with Gasteiger partial charge in [-0.3, -0.25) is 0 Å². The standard InChI is InChI=1S/C20H23F3N4O3/c21-20(22,23)13-29-18-15(4-3-9-24-18)12-27-19(28)26-11-14-7-8-17(25-10-14)30-16-5-1-2-6-16/h3-4,7-10,16H,1-2,5-6,11-13H2,(H2,26,27,28). The molecule has 0 unspecified atom stereocenters. The number of carbonyl (C=O) groups excluding carboxylic acids is 1. The second-order valence-corrected chi connectivity index (χ2v) is 6.94. The number of hydrogen-bond acceptors (Lipinski definition) is 5. The van der Waals surface area contributed by atoms with Crippen molar-refractivity contribution in [2.75, 3.05) is 6.61 Å². The fourth-order valence-electron chi connectivity index (χ4n) is 3.02. The number of halogens is 3. The van der Waals surface area contributed by atoms with Crippen molar-refractivity contribution < 1.29 is 27.4 Å². The number of urea groups is 1. The van der Waals surface area contributed by atoms with E-state index < -0.39 is 18.8 Å². The van der Waals surface area contributed by atoms with E-state index in [4.69, 9.17) is 9.47 Å². The van der Waals surface area contributed by atoms with E-state index in [-0.39, 0.29) is 25.1 Å². The highest BCUT2D eigenvalue weighted by atomic mass is 19.4. The van der Waals surface area contributed by atoms with E-state index in [2.05, 4.69) is 20.6 Å². The Balaban J connectivity index is 1.43. The molecule has 2 aromatic rings. The first-order chi connectivity index (χ1) is 14.4. The Labute approximate surface area is 172 Å². The molecule has 10 heteroatoms. The van der Waals surface area contributed by atoms with Crippen LogP contribution in [-0.4, -0.2) is 34.9 Å². The van der Waals surface area contributed by atoms with Gasteiger partial charge < -0.3 is 20.1 Å². The van der Waals surface area contributed by atoms with Crippen molar-refractivity contribution in [3.8, 4) is 11.8 Å².